The number of benzene rings is 1. The number of carboxylic acid groups (broad SMARTS) is 1. The van der Waals surface area contributed by atoms with Crippen molar-refractivity contribution >= 4 is 12.0 Å². The van der Waals surface area contributed by atoms with Crippen LogP contribution >= 0.6 is 0 Å². The van der Waals surface area contributed by atoms with Crippen LogP contribution in [0, 0.1) is 0 Å². The van der Waals surface area contributed by atoms with E-state index < -0.39 is 12.1 Å². The number of methoxy groups -OCH3 is 1. The Kier molecular flexibility index (Phi) is 2.56. The van der Waals surface area contributed by atoms with Crippen molar-refractivity contribution in [2.75, 3.05) is 7.11 Å². The van der Waals surface area contributed by atoms with E-state index in [-0.39, 0.29) is 5.57 Å². The monoisotopic (exact) mass is 220 g/mol. The third-order valence-electron chi connectivity index (χ3n) is 2.52. The van der Waals surface area contributed by atoms with E-state index in [0.717, 1.165) is 5.56 Å². The summed E-state index contributed by atoms with van der Waals surface area (Å²) in [5, 5.41) is 8.98. The highest BCUT2D eigenvalue weighted by Crippen LogP contribution is 2.37. The molecule has 0 unspecified atom stereocenters. The second kappa shape index (κ2) is 3.89. The quantitative estimate of drug-likeness (QED) is 0.827. The first-order valence-corrected chi connectivity index (χ1v) is 4.92. The van der Waals surface area contributed by atoms with Crippen molar-refractivity contribution in [1.29, 1.82) is 0 Å². The van der Waals surface area contributed by atoms with Gasteiger partial charge in [0, 0.05) is 5.56 Å². The third-order valence-corrected chi connectivity index (χ3v) is 2.52. The van der Waals surface area contributed by atoms with Gasteiger partial charge in [0.2, 0.25) is 0 Å². The molecule has 0 aliphatic carbocycles. The topological polar surface area (TPSA) is 55.8 Å². The second-order valence-electron chi connectivity index (χ2n) is 3.54. The molecule has 4 nitrogen and oxygen atoms in total. The van der Waals surface area contributed by atoms with Gasteiger partial charge in [-0.3, -0.25) is 0 Å². The average Bonchev–Trinajstić information content (AvgIpc) is 2.27. The molecule has 1 aliphatic rings. The van der Waals surface area contributed by atoms with Gasteiger partial charge >= 0.3 is 5.97 Å². The lowest BCUT2D eigenvalue weighted by Crippen LogP contribution is -2.24. The van der Waals surface area contributed by atoms with Crippen LogP contribution in [0.4, 0.5) is 0 Å². The van der Waals surface area contributed by atoms with Crippen LogP contribution in [0.15, 0.2) is 23.8 Å². The highest BCUT2D eigenvalue weighted by atomic mass is 16.5. The molecule has 0 saturated carbocycles. The fraction of sp³-hybridized carbons (Fsp3) is 0.250. The summed E-state index contributed by atoms with van der Waals surface area (Å²) in [4.78, 5) is 10.9. The van der Waals surface area contributed by atoms with Crippen molar-refractivity contribution in [1.82, 2.24) is 0 Å². The van der Waals surface area contributed by atoms with E-state index >= 15 is 0 Å². The molecule has 84 valence electrons. The number of hydrogen-bond donors (Lipinski definition) is 1. The summed E-state index contributed by atoms with van der Waals surface area (Å²) in [5.41, 5.74) is 0.982. The van der Waals surface area contributed by atoms with Crippen molar-refractivity contribution in [2.45, 2.75) is 13.0 Å². The molecule has 4 heteroatoms. The molecule has 1 aromatic rings. The molecule has 0 fully saturated rings. The predicted octanol–water partition coefficient (Wildman–Crippen LogP) is 1.94. The SMILES string of the molecule is COc1cccc2c1O[C@H](C)C(C(=O)O)=C2. The molecule has 1 aromatic carbocycles. The number of aliphatic carboxylic acids is 1. The minimum Gasteiger partial charge on any atom is -0.493 e. The summed E-state index contributed by atoms with van der Waals surface area (Å²) in [6.45, 7) is 1.70. The zero-order valence-corrected chi connectivity index (χ0v) is 9.06. The Morgan fingerprint density at radius 1 is 1.50 bits per heavy atom. The van der Waals surface area contributed by atoms with Crippen molar-refractivity contribution < 1.29 is 19.4 Å². The van der Waals surface area contributed by atoms with Crippen molar-refractivity contribution in [3.05, 3.63) is 29.3 Å². The molecule has 0 amide bonds. The van der Waals surface area contributed by atoms with E-state index in [4.69, 9.17) is 14.6 Å². The van der Waals surface area contributed by atoms with Gasteiger partial charge in [0.15, 0.2) is 11.5 Å². The van der Waals surface area contributed by atoms with Crippen LogP contribution in [-0.2, 0) is 4.79 Å². The molecule has 1 heterocycles. The lowest BCUT2D eigenvalue weighted by molar-refractivity contribution is -0.133. The van der Waals surface area contributed by atoms with Crippen molar-refractivity contribution in [2.24, 2.45) is 0 Å². The number of fused-ring (bicyclic) bond motifs is 1. The minimum absolute atomic E-state index is 0.251. The molecule has 2 rings (SSSR count). The zero-order valence-electron chi connectivity index (χ0n) is 9.06. The predicted molar refractivity (Wildman–Crippen MR) is 58.7 cm³/mol. The van der Waals surface area contributed by atoms with E-state index in [1.807, 2.05) is 0 Å². The van der Waals surface area contributed by atoms with Crippen LogP contribution in [0.5, 0.6) is 11.5 Å². The van der Waals surface area contributed by atoms with Crippen LogP contribution in [-0.4, -0.2) is 24.3 Å². The maximum absolute atomic E-state index is 10.9. The minimum atomic E-state index is -0.957. The molecule has 0 spiro atoms. The van der Waals surface area contributed by atoms with Gasteiger partial charge in [0.1, 0.15) is 6.10 Å². The molecule has 16 heavy (non-hydrogen) atoms. The number of carbonyl (C=O) groups is 1. The summed E-state index contributed by atoms with van der Waals surface area (Å²) in [5.74, 6) is 0.258. The number of ether oxygens (including phenoxy) is 2. The van der Waals surface area contributed by atoms with Gasteiger partial charge < -0.3 is 14.6 Å². The summed E-state index contributed by atoms with van der Waals surface area (Å²) in [7, 11) is 1.56. The average molecular weight is 220 g/mol. The first-order chi connectivity index (χ1) is 7.63. The Balaban J connectivity index is 2.53. The molecule has 0 saturated heterocycles. The van der Waals surface area contributed by atoms with E-state index in [1.54, 1.807) is 38.3 Å². The maximum atomic E-state index is 10.9. The zero-order chi connectivity index (χ0) is 11.7. The van der Waals surface area contributed by atoms with Gasteiger partial charge in [0.25, 0.3) is 0 Å². The smallest absolute Gasteiger partial charge is 0.335 e. The molecule has 0 aromatic heterocycles. The van der Waals surface area contributed by atoms with Crippen LogP contribution in [0.3, 0.4) is 0 Å². The highest BCUT2D eigenvalue weighted by molar-refractivity contribution is 5.94. The second-order valence-corrected chi connectivity index (χ2v) is 3.54. The molecule has 0 radical (unpaired) electrons. The van der Waals surface area contributed by atoms with Crippen molar-refractivity contribution in [3.8, 4) is 11.5 Å². The van der Waals surface area contributed by atoms with Gasteiger partial charge in [-0.1, -0.05) is 12.1 Å². The van der Waals surface area contributed by atoms with E-state index in [2.05, 4.69) is 0 Å². The molecule has 0 bridgehead atoms. The number of rotatable bonds is 2. The normalized spacial score (nSPS) is 18.1. The lowest BCUT2D eigenvalue weighted by Gasteiger charge is -2.23. The Bertz CT molecular complexity index is 462. The third kappa shape index (κ3) is 1.62. The number of carboxylic acids is 1. The fourth-order valence-corrected chi connectivity index (χ4v) is 1.69. The van der Waals surface area contributed by atoms with Gasteiger partial charge in [-0.15, -0.1) is 0 Å². The standard InChI is InChI=1S/C12H12O4/c1-7-9(12(13)14)6-8-4-3-5-10(15-2)11(8)16-7/h3-7H,1-2H3,(H,13,14)/t7-/m1/s1. The van der Waals surface area contributed by atoms with Crippen LogP contribution < -0.4 is 9.47 Å². The fourth-order valence-electron chi connectivity index (χ4n) is 1.69. The van der Waals surface area contributed by atoms with Crippen LogP contribution in [0.1, 0.15) is 12.5 Å². The Morgan fingerprint density at radius 3 is 2.88 bits per heavy atom. The maximum Gasteiger partial charge on any atom is 0.335 e. The summed E-state index contributed by atoms with van der Waals surface area (Å²) < 4.78 is 10.7. The van der Waals surface area contributed by atoms with Gasteiger partial charge in [-0.25, -0.2) is 4.79 Å². The number of hydrogen-bond acceptors (Lipinski definition) is 3. The Labute approximate surface area is 93.1 Å². The first kappa shape index (κ1) is 10.5. The van der Waals surface area contributed by atoms with E-state index in [9.17, 15) is 4.79 Å². The summed E-state index contributed by atoms with van der Waals surface area (Å²) >= 11 is 0. The molecule has 1 aliphatic heterocycles. The van der Waals surface area contributed by atoms with E-state index in [0.29, 0.717) is 11.5 Å². The molecule has 1 atom stereocenters. The lowest BCUT2D eigenvalue weighted by atomic mass is 10.0. The van der Waals surface area contributed by atoms with E-state index in [1.165, 1.54) is 0 Å². The van der Waals surface area contributed by atoms with Gasteiger partial charge in [-0.2, -0.15) is 0 Å². The molecule has 1 N–H and O–H groups in total. The summed E-state index contributed by atoms with van der Waals surface area (Å²) in [6, 6.07) is 5.38. The first-order valence-electron chi connectivity index (χ1n) is 4.92. The van der Waals surface area contributed by atoms with Gasteiger partial charge in [0.05, 0.1) is 12.7 Å². The molecular formula is C12H12O4. The Morgan fingerprint density at radius 2 is 2.25 bits per heavy atom. The highest BCUT2D eigenvalue weighted by Gasteiger charge is 2.25. The Hall–Kier alpha value is -1.97. The summed E-state index contributed by atoms with van der Waals surface area (Å²) in [6.07, 6.45) is 1.15. The van der Waals surface area contributed by atoms with Gasteiger partial charge in [-0.05, 0) is 19.1 Å². The largest absolute Gasteiger partial charge is 0.493 e. The molecular weight excluding hydrogens is 208 g/mol. The number of para-hydroxylation sites is 1. The van der Waals surface area contributed by atoms with Crippen molar-refractivity contribution in [3.63, 3.8) is 0 Å². The van der Waals surface area contributed by atoms with Crippen LogP contribution in [0.25, 0.3) is 6.08 Å². The van der Waals surface area contributed by atoms with Crippen LogP contribution in [0.2, 0.25) is 0 Å².